The molecule has 1 saturated heterocycles. The quantitative estimate of drug-likeness (QED) is 0.808. The molecule has 2 aliphatic heterocycles. The average molecular weight is 349 g/mol. The van der Waals surface area contributed by atoms with Gasteiger partial charge in [0.05, 0.1) is 17.4 Å². The summed E-state index contributed by atoms with van der Waals surface area (Å²) < 4.78 is 5.32. The Morgan fingerprint density at radius 2 is 2.04 bits per heavy atom. The standard InChI is InChI=1S/C17H23N3O3S/c1-19-6-8-20(9-7-19)10-11-23-16(21)12-15-17(22)18-13-4-2-3-5-14(13)24-15/h2-5,15H,6-12H2,1H3,(H,18,22)/t15-/m0/s1. The second-order valence-electron chi connectivity index (χ2n) is 6.16. The molecule has 0 bridgehead atoms. The first-order chi connectivity index (χ1) is 11.6. The van der Waals surface area contributed by atoms with Crippen LogP contribution in [-0.2, 0) is 14.3 Å². The third kappa shape index (κ3) is 4.49. The number of benzene rings is 1. The topological polar surface area (TPSA) is 61.9 Å². The van der Waals surface area contributed by atoms with Crippen LogP contribution in [0.25, 0.3) is 0 Å². The third-order valence-electron chi connectivity index (χ3n) is 4.33. The fraction of sp³-hybridized carbons (Fsp3) is 0.529. The maximum Gasteiger partial charge on any atom is 0.307 e. The summed E-state index contributed by atoms with van der Waals surface area (Å²) in [5.41, 5.74) is 0.812. The molecule has 0 aliphatic carbocycles. The number of thioether (sulfide) groups is 1. The van der Waals surface area contributed by atoms with Crippen molar-refractivity contribution in [1.82, 2.24) is 9.80 Å². The molecule has 1 amide bonds. The summed E-state index contributed by atoms with van der Waals surface area (Å²) in [6.45, 7) is 5.25. The van der Waals surface area contributed by atoms with E-state index in [1.54, 1.807) is 0 Å². The molecule has 0 unspecified atom stereocenters. The number of piperazine rings is 1. The Balaban J connectivity index is 1.41. The van der Waals surface area contributed by atoms with E-state index in [1.807, 2.05) is 24.3 Å². The van der Waals surface area contributed by atoms with E-state index in [2.05, 4.69) is 22.2 Å². The lowest BCUT2D eigenvalue weighted by Gasteiger charge is -2.32. The van der Waals surface area contributed by atoms with E-state index in [0.717, 1.165) is 43.3 Å². The highest BCUT2D eigenvalue weighted by Gasteiger charge is 2.29. The average Bonchev–Trinajstić information content (AvgIpc) is 2.57. The predicted octanol–water partition coefficient (Wildman–Crippen LogP) is 1.28. The Bertz CT molecular complexity index is 602. The number of hydrogen-bond acceptors (Lipinski definition) is 6. The van der Waals surface area contributed by atoms with Crippen LogP contribution in [0.15, 0.2) is 29.2 Å². The van der Waals surface area contributed by atoms with E-state index >= 15 is 0 Å². The van der Waals surface area contributed by atoms with Gasteiger partial charge in [0.15, 0.2) is 0 Å². The van der Waals surface area contributed by atoms with Gasteiger partial charge < -0.3 is 15.0 Å². The van der Waals surface area contributed by atoms with Crippen LogP contribution in [0.1, 0.15) is 6.42 Å². The fourth-order valence-electron chi connectivity index (χ4n) is 2.80. The Morgan fingerprint density at radius 1 is 1.29 bits per heavy atom. The molecule has 7 heteroatoms. The lowest BCUT2D eigenvalue weighted by molar-refractivity contribution is -0.145. The number of ether oxygens (including phenoxy) is 1. The molecule has 6 nitrogen and oxygen atoms in total. The Morgan fingerprint density at radius 3 is 2.83 bits per heavy atom. The second kappa shape index (κ2) is 8.00. The number of carbonyl (C=O) groups excluding carboxylic acids is 2. The Kier molecular flexibility index (Phi) is 5.76. The molecular weight excluding hydrogens is 326 g/mol. The van der Waals surface area contributed by atoms with Gasteiger partial charge in [-0.15, -0.1) is 11.8 Å². The van der Waals surface area contributed by atoms with Crippen molar-refractivity contribution in [3.05, 3.63) is 24.3 Å². The van der Waals surface area contributed by atoms with E-state index < -0.39 is 5.25 Å². The van der Waals surface area contributed by atoms with Gasteiger partial charge in [-0.25, -0.2) is 0 Å². The van der Waals surface area contributed by atoms with Crippen molar-refractivity contribution in [3.8, 4) is 0 Å². The van der Waals surface area contributed by atoms with Crippen LogP contribution < -0.4 is 5.32 Å². The van der Waals surface area contributed by atoms with E-state index in [9.17, 15) is 9.59 Å². The number of carbonyl (C=O) groups is 2. The highest BCUT2D eigenvalue weighted by Crippen LogP contribution is 2.36. The first-order valence-electron chi connectivity index (χ1n) is 8.25. The normalized spacial score (nSPS) is 21.9. The van der Waals surface area contributed by atoms with Gasteiger partial charge in [0.25, 0.3) is 0 Å². The number of likely N-dealkylation sites (N-methyl/N-ethyl adjacent to an activating group) is 1. The van der Waals surface area contributed by atoms with Crippen molar-refractivity contribution >= 4 is 29.3 Å². The number of hydrogen-bond donors (Lipinski definition) is 1. The molecule has 3 rings (SSSR count). The van der Waals surface area contributed by atoms with Gasteiger partial charge >= 0.3 is 5.97 Å². The molecule has 1 atom stereocenters. The molecule has 24 heavy (non-hydrogen) atoms. The lowest BCUT2D eigenvalue weighted by atomic mass is 10.2. The predicted molar refractivity (Wildman–Crippen MR) is 94.2 cm³/mol. The van der Waals surface area contributed by atoms with Crippen LogP contribution in [0.4, 0.5) is 5.69 Å². The highest BCUT2D eigenvalue weighted by atomic mass is 32.2. The first-order valence-corrected chi connectivity index (χ1v) is 9.13. The molecule has 0 saturated carbocycles. The highest BCUT2D eigenvalue weighted by molar-refractivity contribution is 8.01. The minimum absolute atomic E-state index is 0.105. The number of para-hydroxylation sites is 1. The number of amides is 1. The molecule has 1 aromatic carbocycles. The van der Waals surface area contributed by atoms with Gasteiger partial charge in [-0.05, 0) is 19.2 Å². The number of nitrogens with one attached hydrogen (secondary N) is 1. The molecule has 130 valence electrons. The van der Waals surface area contributed by atoms with Gasteiger partial charge in [0, 0.05) is 37.6 Å². The zero-order valence-corrected chi connectivity index (χ0v) is 14.7. The van der Waals surface area contributed by atoms with Gasteiger partial charge in [-0.2, -0.15) is 0 Å². The van der Waals surface area contributed by atoms with E-state index in [1.165, 1.54) is 11.8 Å². The maximum atomic E-state index is 12.1. The van der Waals surface area contributed by atoms with Crippen molar-refractivity contribution in [1.29, 1.82) is 0 Å². The van der Waals surface area contributed by atoms with Gasteiger partial charge in [0.1, 0.15) is 6.61 Å². The summed E-state index contributed by atoms with van der Waals surface area (Å²) in [5.74, 6) is -0.439. The lowest BCUT2D eigenvalue weighted by Crippen LogP contribution is -2.45. The van der Waals surface area contributed by atoms with Crippen LogP contribution >= 0.6 is 11.8 Å². The smallest absolute Gasteiger partial charge is 0.307 e. The summed E-state index contributed by atoms with van der Waals surface area (Å²) in [7, 11) is 2.11. The van der Waals surface area contributed by atoms with Crippen molar-refractivity contribution in [2.45, 2.75) is 16.6 Å². The van der Waals surface area contributed by atoms with Gasteiger partial charge in [-0.1, -0.05) is 12.1 Å². The Hall–Kier alpha value is -1.57. The molecule has 1 fully saturated rings. The number of fused-ring (bicyclic) bond motifs is 1. The summed E-state index contributed by atoms with van der Waals surface area (Å²) >= 11 is 1.43. The largest absolute Gasteiger partial charge is 0.464 e. The molecule has 0 spiro atoms. The van der Waals surface area contributed by atoms with Crippen molar-refractivity contribution in [2.24, 2.45) is 0 Å². The van der Waals surface area contributed by atoms with Crippen molar-refractivity contribution in [2.75, 3.05) is 51.7 Å². The van der Waals surface area contributed by atoms with Crippen LogP contribution in [0.2, 0.25) is 0 Å². The van der Waals surface area contributed by atoms with Crippen LogP contribution in [0.3, 0.4) is 0 Å². The molecule has 2 aliphatic rings. The van der Waals surface area contributed by atoms with Gasteiger partial charge in [0.2, 0.25) is 5.91 Å². The minimum Gasteiger partial charge on any atom is -0.464 e. The van der Waals surface area contributed by atoms with Crippen molar-refractivity contribution in [3.63, 3.8) is 0 Å². The first kappa shape index (κ1) is 17.3. The van der Waals surface area contributed by atoms with Crippen molar-refractivity contribution < 1.29 is 14.3 Å². The molecular formula is C17H23N3O3S. The van der Waals surface area contributed by atoms with Crippen LogP contribution in [0, 0.1) is 0 Å². The summed E-state index contributed by atoms with van der Waals surface area (Å²) in [6, 6.07) is 7.62. The molecule has 1 N–H and O–H groups in total. The molecule has 0 aromatic heterocycles. The fourth-order valence-corrected chi connectivity index (χ4v) is 3.89. The number of rotatable bonds is 5. The summed E-state index contributed by atoms with van der Waals surface area (Å²) in [6.07, 6.45) is 0.105. The number of anilines is 1. The number of esters is 1. The monoisotopic (exact) mass is 349 g/mol. The van der Waals surface area contributed by atoms with E-state index in [4.69, 9.17) is 4.74 Å². The maximum absolute atomic E-state index is 12.1. The van der Waals surface area contributed by atoms with Gasteiger partial charge in [-0.3, -0.25) is 14.5 Å². The molecule has 0 radical (unpaired) electrons. The molecule has 1 aromatic rings. The SMILES string of the molecule is CN1CCN(CCOC(=O)C[C@@H]2Sc3ccccc3NC2=O)CC1. The van der Waals surface area contributed by atoms with Crippen LogP contribution in [-0.4, -0.2) is 73.3 Å². The van der Waals surface area contributed by atoms with E-state index in [0.29, 0.717) is 6.61 Å². The Labute approximate surface area is 146 Å². The summed E-state index contributed by atoms with van der Waals surface area (Å²) in [5, 5.41) is 2.43. The summed E-state index contributed by atoms with van der Waals surface area (Å²) in [4.78, 5) is 29.7. The van der Waals surface area contributed by atoms with E-state index in [-0.39, 0.29) is 18.3 Å². The number of nitrogens with zero attached hydrogens (tertiary/aromatic N) is 2. The van der Waals surface area contributed by atoms with Crippen LogP contribution in [0.5, 0.6) is 0 Å². The minimum atomic E-state index is -0.420. The second-order valence-corrected chi connectivity index (χ2v) is 7.41. The third-order valence-corrected chi connectivity index (χ3v) is 5.60. The zero-order valence-electron chi connectivity index (χ0n) is 13.9. The zero-order chi connectivity index (χ0) is 16.9. The molecule has 2 heterocycles.